The molecule has 2 aromatic rings. The Morgan fingerprint density at radius 2 is 1.57 bits per heavy atom. The van der Waals surface area contributed by atoms with Gasteiger partial charge in [0.05, 0.1) is 5.56 Å². The molecule has 0 saturated carbocycles. The zero-order valence-corrected chi connectivity index (χ0v) is 10.8. The van der Waals surface area contributed by atoms with E-state index in [1.807, 2.05) is 0 Å². The van der Waals surface area contributed by atoms with E-state index in [0.717, 1.165) is 17.7 Å². The summed E-state index contributed by atoms with van der Waals surface area (Å²) in [4.78, 5) is 0. The molecule has 0 fully saturated rings. The number of nitrogens with zero attached hydrogens (tertiary/aromatic N) is 1. The summed E-state index contributed by atoms with van der Waals surface area (Å²) in [6.07, 6.45) is -3.75. The second-order valence-corrected chi connectivity index (χ2v) is 4.36. The van der Waals surface area contributed by atoms with Crippen molar-refractivity contribution in [3.05, 3.63) is 64.7 Å². The first kappa shape index (κ1) is 14.9. The molecule has 21 heavy (non-hydrogen) atoms. The van der Waals surface area contributed by atoms with Gasteiger partial charge in [-0.25, -0.2) is 8.78 Å². The predicted octanol–water partition coefficient (Wildman–Crippen LogP) is 4.27. The normalized spacial score (nSPS) is 11.0. The van der Waals surface area contributed by atoms with E-state index in [1.54, 1.807) is 6.92 Å². The highest BCUT2D eigenvalue weighted by Gasteiger charge is 2.34. The molecule has 0 saturated heterocycles. The quantitative estimate of drug-likeness (QED) is 0.792. The number of hydrogen-bond donors (Lipinski definition) is 0. The average molecular weight is 295 g/mol. The Morgan fingerprint density at radius 3 is 2.05 bits per heavy atom. The summed E-state index contributed by atoms with van der Waals surface area (Å²) in [5.74, 6) is -3.21. The van der Waals surface area contributed by atoms with Gasteiger partial charge in [-0.05, 0) is 19.1 Å². The van der Waals surface area contributed by atoms with E-state index < -0.39 is 34.6 Å². The van der Waals surface area contributed by atoms with E-state index in [2.05, 4.69) is 4.74 Å². The lowest BCUT2D eigenvalue weighted by Crippen LogP contribution is -2.22. The van der Waals surface area contributed by atoms with Crippen molar-refractivity contribution in [2.45, 2.75) is 13.0 Å². The number of alkyl halides is 2. The summed E-state index contributed by atoms with van der Waals surface area (Å²) in [5.41, 5.74) is -0.510. The summed E-state index contributed by atoms with van der Waals surface area (Å²) < 4.78 is 58.8. The molecule has 0 aromatic heterocycles. The van der Waals surface area contributed by atoms with Gasteiger partial charge in [0.2, 0.25) is 0 Å². The van der Waals surface area contributed by atoms with Gasteiger partial charge in [0.25, 0.3) is 0 Å². The maximum atomic E-state index is 13.9. The van der Waals surface area contributed by atoms with Crippen LogP contribution < -0.4 is 4.74 Å². The SMILES string of the molecule is Cc1ccc(C(F)(F)Oc2cc(F)c(C#N)c(F)c2)cc1. The highest BCUT2D eigenvalue weighted by molar-refractivity contribution is 5.38. The van der Waals surface area contributed by atoms with Crippen molar-refractivity contribution >= 4 is 0 Å². The number of benzene rings is 2. The van der Waals surface area contributed by atoms with Crippen molar-refractivity contribution in [3.63, 3.8) is 0 Å². The molecule has 0 aliphatic carbocycles. The van der Waals surface area contributed by atoms with Gasteiger partial charge in [0.1, 0.15) is 29.0 Å². The molecule has 2 rings (SSSR count). The molecule has 2 aromatic carbocycles. The molecule has 0 heterocycles. The van der Waals surface area contributed by atoms with Crippen LogP contribution >= 0.6 is 0 Å². The summed E-state index contributed by atoms with van der Waals surface area (Å²) in [6.45, 7) is 1.73. The Bertz CT molecular complexity index is 682. The monoisotopic (exact) mass is 295 g/mol. The zero-order chi connectivity index (χ0) is 15.6. The Labute approximate surface area is 118 Å². The molecule has 2 nitrogen and oxygen atoms in total. The topological polar surface area (TPSA) is 33.0 Å². The van der Waals surface area contributed by atoms with E-state index in [4.69, 9.17) is 5.26 Å². The van der Waals surface area contributed by atoms with Crippen LogP contribution in [0, 0.1) is 29.9 Å². The van der Waals surface area contributed by atoms with Crippen LogP contribution in [-0.2, 0) is 6.11 Å². The fourth-order valence-corrected chi connectivity index (χ4v) is 1.67. The smallest absolute Gasteiger partial charge is 0.426 e. The van der Waals surface area contributed by atoms with Gasteiger partial charge in [-0.15, -0.1) is 0 Å². The van der Waals surface area contributed by atoms with Crippen molar-refractivity contribution in [2.75, 3.05) is 0 Å². The number of aryl methyl sites for hydroxylation is 1. The van der Waals surface area contributed by atoms with E-state index in [-0.39, 0.29) is 0 Å². The first-order valence-electron chi connectivity index (χ1n) is 5.86. The van der Waals surface area contributed by atoms with E-state index >= 15 is 0 Å². The van der Waals surface area contributed by atoms with Crippen LogP contribution in [0.3, 0.4) is 0 Å². The van der Waals surface area contributed by atoms with Gasteiger partial charge < -0.3 is 4.74 Å². The first-order valence-corrected chi connectivity index (χ1v) is 5.86. The standard InChI is InChI=1S/C15H9F4NO/c1-9-2-4-10(5-3-9)15(18,19)21-11-6-13(16)12(8-20)14(17)7-11/h2-7H,1H3. The molecule has 0 unspecified atom stereocenters. The molecule has 0 radical (unpaired) electrons. The number of hydrogen-bond acceptors (Lipinski definition) is 2. The summed E-state index contributed by atoms with van der Waals surface area (Å²) in [7, 11) is 0. The van der Waals surface area contributed by atoms with Crippen LogP contribution in [0.1, 0.15) is 16.7 Å². The van der Waals surface area contributed by atoms with Crippen molar-refractivity contribution in [2.24, 2.45) is 0 Å². The lowest BCUT2D eigenvalue weighted by molar-refractivity contribution is -0.185. The fourth-order valence-electron chi connectivity index (χ4n) is 1.67. The minimum absolute atomic E-state index is 0.446. The second-order valence-electron chi connectivity index (χ2n) is 4.36. The van der Waals surface area contributed by atoms with Crippen molar-refractivity contribution in [3.8, 4) is 11.8 Å². The lowest BCUT2D eigenvalue weighted by Gasteiger charge is -2.18. The Balaban J connectivity index is 2.33. The molecule has 0 atom stereocenters. The predicted molar refractivity (Wildman–Crippen MR) is 66.8 cm³/mol. The van der Waals surface area contributed by atoms with Crippen LogP contribution in [0.25, 0.3) is 0 Å². The Kier molecular flexibility index (Phi) is 3.85. The third-order valence-electron chi connectivity index (χ3n) is 2.76. The van der Waals surface area contributed by atoms with Gasteiger partial charge >= 0.3 is 6.11 Å². The zero-order valence-electron chi connectivity index (χ0n) is 10.8. The van der Waals surface area contributed by atoms with Gasteiger partial charge in [-0.3, -0.25) is 0 Å². The van der Waals surface area contributed by atoms with Crippen LogP contribution in [0.2, 0.25) is 0 Å². The molecule has 108 valence electrons. The average Bonchev–Trinajstić information content (AvgIpc) is 2.38. The minimum Gasteiger partial charge on any atom is -0.429 e. The second kappa shape index (κ2) is 5.44. The van der Waals surface area contributed by atoms with Crippen LogP contribution in [0.15, 0.2) is 36.4 Å². The fraction of sp³-hybridized carbons (Fsp3) is 0.133. The van der Waals surface area contributed by atoms with Gasteiger partial charge in [-0.1, -0.05) is 17.7 Å². The third kappa shape index (κ3) is 3.14. The maximum absolute atomic E-state index is 13.9. The van der Waals surface area contributed by atoms with Gasteiger partial charge in [0.15, 0.2) is 0 Å². The molecule has 0 spiro atoms. The Morgan fingerprint density at radius 1 is 1.05 bits per heavy atom. The van der Waals surface area contributed by atoms with Gasteiger partial charge in [-0.2, -0.15) is 14.0 Å². The number of nitriles is 1. The highest BCUT2D eigenvalue weighted by atomic mass is 19.3. The lowest BCUT2D eigenvalue weighted by atomic mass is 10.1. The molecule has 0 aliphatic heterocycles. The van der Waals surface area contributed by atoms with Crippen LogP contribution in [0.5, 0.6) is 5.75 Å². The van der Waals surface area contributed by atoms with E-state index in [1.165, 1.54) is 18.2 Å². The number of rotatable bonds is 3. The number of halogens is 4. The van der Waals surface area contributed by atoms with E-state index in [0.29, 0.717) is 12.1 Å². The summed E-state index contributed by atoms with van der Waals surface area (Å²) in [6, 6.07) is 7.64. The van der Waals surface area contributed by atoms with Crippen molar-refractivity contribution < 1.29 is 22.3 Å². The van der Waals surface area contributed by atoms with Crippen molar-refractivity contribution in [1.29, 1.82) is 5.26 Å². The van der Waals surface area contributed by atoms with Crippen LogP contribution in [0.4, 0.5) is 17.6 Å². The molecule has 0 aliphatic rings. The minimum atomic E-state index is -3.75. The first-order chi connectivity index (χ1) is 9.83. The third-order valence-corrected chi connectivity index (χ3v) is 2.76. The molecular formula is C15H9F4NO. The molecular weight excluding hydrogens is 286 g/mol. The highest BCUT2D eigenvalue weighted by Crippen LogP contribution is 2.32. The van der Waals surface area contributed by atoms with Crippen molar-refractivity contribution in [1.82, 2.24) is 0 Å². The summed E-state index contributed by atoms with van der Waals surface area (Å²) >= 11 is 0. The van der Waals surface area contributed by atoms with E-state index in [9.17, 15) is 17.6 Å². The largest absolute Gasteiger partial charge is 0.429 e. The maximum Gasteiger partial charge on any atom is 0.426 e. The van der Waals surface area contributed by atoms with Gasteiger partial charge in [0, 0.05) is 12.1 Å². The molecule has 6 heteroatoms. The molecule has 0 N–H and O–H groups in total. The summed E-state index contributed by atoms with van der Waals surface area (Å²) in [5, 5.41) is 8.51. The van der Waals surface area contributed by atoms with Crippen LogP contribution in [-0.4, -0.2) is 0 Å². The molecule has 0 bridgehead atoms. The number of ether oxygens (including phenoxy) is 1. The Hall–Kier alpha value is -2.55. The molecule has 0 amide bonds.